The summed E-state index contributed by atoms with van der Waals surface area (Å²) in [6.07, 6.45) is 0. The van der Waals surface area contributed by atoms with Gasteiger partial charge in [-0.2, -0.15) is 0 Å². The summed E-state index contributed by atoms with van der Waals surface area (Å²) < 4.78 is 5.00. The number of nitro groups is 1. The van der Waals surface area contributed by atoms with Crippen LogP contribution in [0.2, 0.25) is 0 Å². The topological polar surface area (TPSA) is 119 Å². The van der Waals surface area contributed by atoms with E-state index >= 15 is 0 Å². The SMILES string of the molecule is CC(C)C(=O)Nc1ccc(C(=O)Oc2cccc(O)c2[N+](=O)[O-])cc1. The van der Waals surface area contributed by atoms with Gasteiger partial charge in [0, 0.05) is 11.6 Å². The fraction of sp³-hybridized carbons (Fsp3) is 0.176. The van der Waals surface area contributed by atoms with Crippen LogP contribution in [-0.2, 0) is 4.79 Å². The lowest BCUT2D eigenvalue weighted by molar-refractivity contribution is -0.386. The Hall–Kier alpha value is -3.42. The first-order valence-corrected chi connectivity index (χ1v) is 7.39. The molecule has 0 aliphatic carbocycles. The first-order valence-electron chi connectivity index (χ1n) is 7.39. The van der Waals surface area contributed by atoms with Crippen molar-refractivity contribution in [3.05, 3.63) is 58.1 Å². The summed E-state index contributed by atoms with van der Waals surface area (Å²) in [5.41, 5.74) is -0.0320. The second-order valence-corrected chi connectivity index (χ2v) is 5.49. The predicted molar refractivity (Wildman–Crippen MR) is 89.6 cm³/mol. The first-order chi connectivity index (χ1) is 11.8. The van der Waals surface area contributed by atoms with Crippen LogP contribution in [0.3, 0.4) is 0 Å². The summed E-state index contributed by atoms with van der Waals surface area (Å²) >= 11 is 0. The molecular formula is C17H16N2O6. The van der Waals surface area contributed by atoms with Gasteiger partial charge in [-0.15, -0.1) is 0 Å². The van der Waals surface area contributed by atoms with Crippen molar-refractivity contribution in [1.29, 1.82) is 0 Å². The van der Waals surface area contributed by atoms with Crippen LogP contribution < -0.4 is 10.1 Å². The second kappa shape index (κ2) is 7.43. The van der Waals surface area contributed by atoms with Gasteiger partial charge >= 0.3 is 11.7 Å². The molecule has 0 fully saturated rings. The Labute approximate surface area is 143 Å². The number of amides is 1. The summed E-state index contributed by atoms with van der Waals surface area (Å²) in [4.78, 5) is 33.9. The number of esters is 1. The highest BCUT2D eigenvalue weighted by atomic mass is 16.6. The average molecular weight is 344 g/mol. The number of para-hydroxylation sites is 1. The summed E-state index contributed by atoms with van der Waals surface area (Å²) in [5, 5.41) is 23.2. The van der Waals surface area contributed by atoms with Gasteiger partial charge in [0.15, 0.2) is 5.75 Å². The van der Waals surface area contributed by atoms with Gasteiger partial charge in [-0.1, -0.05) is 19.9 Å². The lowest BCUT2D eigenvalue weighted by atomic mass is 10.1. The van der Waals surface area contributed by atoms with Gasteiger partial charge < -0.3 is 15.2 Å². The Morgan fingerprint density at radius 2 is 1.80 bits per heavy atom. The number of phenols is 1. The zero-order valence-electron chi connectivity index (χ0n) is 13.6. The number of phenolic OH excluding ortho intramolecular Hbond substituents is 1. The van der Waals surface area contributed by atoms with E-state index in [4.69, 9.17) is 4.74 Å². The zero-order chi connectivity index (χ0) is 18.6. The number of nitrogens with zero attached hydrogens (tertiary/aromatic N) is 1. The Balaban J connectivity index is 2.16. The second-order valence-electron chi connectivity index (χ2n) is 5.49. The molecule has 0 saturated carbocycles. The minimum absolute atomic E-state index is 0.139. The lowest BCUT2D eigenvalue weighted by Gasteiger charge is -2.09. The third-order valence-electron chi connectivity index (χ3n) is 3.28. The van der Waals surface area contributed by atoms with Crippen LogP contribution in [0.1, 0.15) is 24.2 Å². The van der Waals surface area contributed by atoms with Crippen LogP contribution >= 0.6 is 0 Å². The smallest absolute Gasteiger partial charge is 0.352 e. The highest BCUT2D eigenvalue weighted by molar-refractivity contribution is 5.94. The molecule has 8 heteroatoms. The van der Waals surface area contributed by atoms with Gasteiger partial charge in [0.1, 0.15) is 0 Å². The highest BCUT2D eigenvalue weighted by Crippen LogP contribution is 2.35. The van der Waals surface area contributed by atoms with E-state index in [0.29, 0.717) is 5.69 Å². The third-order valence-corrected chi connectivity index (χ3v) is 3.28. The number of rotatable bonds is 5. The molecule has 0 bridgehead atoms. The van der Waals surface area contributed by atoms with E-state index < -0.39 is 22.3 Å². The number of hydrogen-bond donors (Lipinski definition) is 2. The zero-order valence-corrected chi connectivity index (χ0v) is 13.6. The molecule has 2 aromatic rings. The molecule has 0 spiro atoms. The van der Waals surface area contributed by atoms with Crippen LogP contribution in [0.15, 0.2) is 42.5 Å². The molecule has 25 heavy (non-hydrogen) atoms. The molecular weight excluding hydrogens is 328 g/mol. The van der Waals surface area contributed by atoms with Gasteiger partial charge in [-0.25, -0.2) is 4.79 Å². The lowest BCUT2D eigenvalue weighted by Crippen LogP contribution is -2.17. The minimum Gasteiger partial charge on any atom is -0.502 e. The van der Waals surface area contributed by atoms with Crippen molar-refractivity contribution in [1.82, 2.24) is 0 Å². The standard InChI is InChI=1S/C17H16N2O6/c1-10(2)16(21)18-12-8-6-11(7-9-12)17(22)25-14-5-3-4-13(20)15(14)19(23)24/h3-10,20H,1-2H3,(H,18,21). The molecule has 0 aliphatic heterocycles. The van der Waals surface area contributed by atoms with Gasteiger partial charge in [-0.05, 0) is 36.4 Å². The molecule has 0 radical (unpaired) electrons. The first kappa shape index (κ1) is 17.9. The van der Waals surface area contributed by atoms with Crippen LogP contribution in [0.25, 0.3) is 0 Å². The minimum atomic E-state index is -0.831. The van der Waals surface area contributed by atoms with Crippen molar-refractivity contribution in [3.8, 4) is 11.5 Å². The van der Waals surface area contributed by atoms with Crippen molar-refractivity contribution in [3.63, 3.8) is 0 Å². The normalized spacial score (nSPS) is 10.4. The number of hydrogen-bond acceptors (Lipinski definition) is 6. The van der Waals surface area contributed by atoms with Gasteiger partial charge in [-0.3, -0.25) is 14.9 Å². The molecule has 2 rings (SSSR count). The molecule has 0 aromatic heterocycles. The molecule has 1 amide bonds. The van der Waals surface area contributed by atoms with Crippen molar-refractivity contribution in [2.45, 2.75) is 13.8 Å². The average Bonchev–Trinajstić information content (AvgIpc) is 2.55. The molecule has 2 aromatic carbocycles. The molecule has 0 heterocycles. The molecule has 0 unspecified atom stereocenters. The van der Waals surface area contributed by atoms with Gasteiger partial charge in [0.05, 0.1) is 10.5 Å². The number of nitro benzene ring substituents is 1. The van der Waals surface area contributed by atoms with Crippen molar-refractivity contribution in [2.24, 2.45) is 5.92 Å². The van der Waals surface area contributed by atoms with Gasteiger partial charge in [0.25, 0.3) is 0 Å². The maximum atomic E-state index is 12.1. The number of carbonyl (C=O) groups is 2. The molecule has 130 valence electrons. The summed E-state index contributed by atoms with van der Waals surface area (Å²) in [5.74, 6) is -2.12. The Morgan fingerprint density at radius 3 is 2.36 bits per heavy atom. The third kappa shape index (κ3) is 4.31. The Kier molecular flexibility index (Phi) is 5.33. The molecule has 2 N–H and O–H groups in total. The van der Waals surface area contributed by atoms with E-state index in [0.717, 1.165) is 6.07 Å². The molecule has 8 nitrogen and oxygen atoms in total. The van der Waals surface area contributed by atoms with E-state index in [-0.39, 0.29) is 23.1 Å². The number of nitrogens with one attached hydrogen (secondary N) is 1. The van der Waals surface area contributed by atoms with Crippen molar-refractivity contribution in [2.75, 3.05) is 5.32 Å². The number of ether oxygens (including phenoxy) is 1. The molecule has 0 atom stereocenters. The largest absolute Gasteiger partial charge is 0.502 e. The Bertz CT molecular complexity index is 814. The number of aromatic hydroxyl groups is 1. The van der Waals surface area contributed by atoms with E-state index in [9.17, 15) is 24.8 Å². The van der Waals surface area contributed by atoms with Gasteiger partial charge in [0.2, 0.25) is 11.7 Å². The fourth-order valence-electron chi connectivity index (χ4n) is 1.91. The van der Waals surface area contributed by atoms with Crippen LogP contribution in [0.4, 0.5) is 11.4 Å². The number of carbonyl (C=O) groups excluding carboxylic acids is 2. The summed E-state index contributed by atoms with van der Waals surface area (Å²) in [6.45, 7) is 3.51. The van der Waals surface area contributed by atoms with Crippen LogP contribution in [0.5, 0.6) is 11.5 Å². The van der Waals surface area contributed by atoms with Crippen LogP contribution in [0, 0.1) is 16.0 Å². The molecule has 0 saturated heterocycles. The maximum absolute atomic E-state index is 12.1. The number of benzene rings is 2. The number of anilines is 1. The van der Waals surface area contributed by atoms with Crippen molar-refractivity contribution >= 4 is 23.3 Å². The van der Waals surface area contributed by atoms with E-state index in [2.05, 4.69) is 5.32 Å². The van der Waals surface area contributed by atoms with E-state index in [1.54, 1.807) is 13.8 Å². The highest BCUT2D eigenvalue weighted by Gasteiger charge is 2.23. The van der Waals surface area contributed by atoms with E-state index in [1.165, 1.54) is 36.4 Å². The quantitative estimate of drug-likeness (QED) is 0.372. The summed E-state index contributed by atoms with van der Waals surface area (Å²) in [7, 11) is 0. The predicted octanol–water partition coefficient (Wildman–Crippen LogP) is 3.11. The van der Waals surface area contributed by atoms with Crippen molar-refractivity contribution < 1.29 is 24.4 Å². The fourth-order valence-corrected chi connectivity index (χ4v) is 1.91. The Morgan fingerprint density at radius 1 is 1.16 bits per heavy atom. The van der Waals surface area contributed by atoms with E-state index in [1.807, 2.05) is 0 Å². The molecule has 0 aliphatic rings. The maximum Gasteiger partial charge on any atom is 0.352 e. The monoisotopic (exact) mass is 344 g/mol. The van der Waals surface area contributed by atoms with Crippen LogP contribution in [-0.4, -0.2) is 21.9 Å². The summed E-state index contributed by atoms with van der Waals surface area (Å²) in [6, 6.07) is 9.56.